The molecule has 12 fully saturated rings. The molecule has 0 aromatic carbocycles. The SMILES string of the molecule is C#CC12CC3(C)CC(C)(C1)CC(C14CC5CC(C1)CC(C16CC7(C)CC(C)(CC(C#C)(C7)C1)C6)(C5)C4)(C3)C2. The lowest BCUT2D eigenvalue weighted by molar-refractivity contribution is -0.304. The van der Waals surface area contributed by atoms with Gasteiger partial charge < -0.3 is 0 Å². The Morgan fingerprint density at radius 3 is 1.08 bits per heavy atom. The topological polar surface area (TPSA) is 0 Å². The summed E-state index contributed by atoms with van der Waals surface area (Å²) in [5, 5.41) is 0. The molecule has 12 saturated carbocycles. The van der Waals surface area contributed by atoms with Gasteiger partial charge in [0.15, 0.2) is 0 Å². The Balaban J connectivity index is 1.19. The minimum atomic E-state index is 0.184. The molecule has 12 aliphatic carbocycles. The van der Waals surface area contributed by atoms with Crippen molar-refractivity contribution >= 4 is 0 Å². The molecule has 38 heavy (non-hydrogen) atoms. The van der Waals surface area contributed by atoms with Crippen molar-refractivity contribution in [3.05, 3.63) is 0 Å². The van der Waals surface area contributed by atoms with Gasteiger partial charge in [-0.1, -0.05) is 39.5 Å². The third kappa shape index (κ3) is 2.61. The molecule has 0 heterocycles. The highest BCUT2D eigenvalue weighted by molar-refractivity contribution is 5.31. The van der Waals surface area contributed by atoms with Gasteiger partial charge in [-0.05, 0) is 171 Å². The van der Waals surface area contributed by atoms with E-state index >= 15 is 0 Å². The van der Waals surface area contributed by atoms with Crippen LogP contribution in [0.4, 0.5) is 0 Å². The predicted molar refractivity (Wildman–Crippen MR) is 155 cm³/mol. The van der Waals surface area contributed by atoms with Crippen LogP contribution >= 0.6 is 0 Å². The van der Waals surface area contributed by atoms with Crippen molar-refractivity contribution in [1.29, 1.82) is 0 Å². The van der Waals surface area contributed by atoms with Crippen LogP contribution in [0.3, 0.4) is 0 Å². The lowest BCUT2D eigenvalue weighted by Crippen LogP contribution is -2.71. The highest BCUT2D eigenvalue weighted by atomic mass is 14.8. The second-order valence-electron chi connectivity index (χ2n) is 20.3. The van der Waals surface area contributed by atoms with E-state index in [0.29, 0.717) is 43.3 Å². The smallest absolute Gasteiger partial charge is 0.0328 e. The van der Waals surface area contributed by atoms with Crippen LogP contribution in [0.2, 0.25) is 0 Å². The normalized spacial score (nSPS) is 68.2. The van der Waals surface area contributed by atoms with Gasteiger partial charge in [-0.2, -0.15) is 0 Å². The van der Waals surface area contributed by atoms with Crippen LogP contribution in [0.1, 0.15) is 143 Å². The second kappa shape index (κ2) is 6.15. The minimum absolute atomic E-state index is 0.184. The monoisotopic (exact) mass is 508 g/mol. The fourth-order valence-electron chi connectivity index (χ4n) is 18.3. The number of terminal acetylenes is 2. The van der Waals surface area contributed by atoms with Crippen LogP contribution in [0.5, 0.6) is 0 Å². The van der Waals surface area contributed by atoms with Crippen molar-refractivity contribution in [2.24, 2.45) is 66.0 Å². The lowest BCUT2D eigenvalue weighted by Gasteiger charge is -2.80. The Kier molecular flexibility index (Phi) is 3.85. The van der Waals surface area contributed by atoms with Crippen LogP contribution in [0, 0.1) is 90.7 Å². The van der Waals surface area contributed by atoms with Gasteiger partial charge in [-0.15, -0.1) is 12.8 Å². The molecule has 0 aromatic rings. The Labute approximate surface area is 233 Å². The molecule has 12 bridgehead atoms. The number of hydrogen-bond acceptors (Lipinski definition) is 0. The Bertz CT molecular complexity index is 1090. The number of rotatable bonds is 2. The van der Waals surface area contributed by atoms with Crippen molar-refractivity contribution in [2.45, 2.75) is 143 Å². The zero-order valence-electron chi connectivity index (χ0n) is 25.0. The molecule has 4 unspecified atom stereocenters. The number of hydrogen-bond donors (Lipinski definition) is 0. The fraction of sp³-hybridized carbons (Fsp3) is 0.895. The van der Waals surface area contributed by atoms with Crippen molar-refractivity contribution in [3.8, 4) is 24.7 Å². The zero-order valence-corrected chi connectivity index (χ0v) is 25.0. The molecule has 0 heteroatoms. The maximum Gasteiger partial charge on any atom is 0.0328 e. The van der Waals surface area contributed by atoms with Gasteiger partial charge in [-0.25, -0.2) is 0 Å². The van der Waals surface area contributed by atoms with Crippen molar-refractivity contribution in [3.63, 3.8) is 0 Å². The molecule has 0 spiro atoms. The van der Waals surface area contributed by atoms with Gasteiger partial charge >= 0.3 is 0 Å². The summed E-state index contributed by atoms with van der Waals surface area (Å²) in [6, 6.07) is 0. The molecule has 0 nitrogen and oxygen atoms in total. The summed E-state index contributed by atoms with van der Waals surface area (Å²) >= 11 is 0. The van der Waals surface area contributed by atoms with E-state index in [1.54, 1.807) is 38.5 Å². The molecule has 0 radical (unpaired) electrons. The highest BCUT2D eigenvalue weighted by Gasteiger charge is 2.77. The molecule has 12 rings (SSSR count). The van der Waals surface area contributed by atoms with Gasteiger partial charge in [0.1, 0.15) is 0 Å². The van der Waals surface area contributed by atoms with Crippen molar-refractivity contribution in [1.82, 2.24) is 0 Å². The molecule has 0 saturated heterocycles. The van der Waals surface area contributed by atoms with Gasteiger partial charge in [0.05, 0.1) is 0 Å². The van der Waals surface area contributed by atoms with Crippen LogP contribution < -0.4 is 0 Å². The average molecular weight is 509 g/mol. The maximum absolute atomic E-state index is 6.51. The van der Waals surface area contributed by atoms with Crippen LogP contribution in [0.25, 0.3) is 0 Å². The molecular formula is C38H52. The first-order chi connectivity index (χ1) is 17.7. The Morgan fingerprint density at radius 1 is 0.421 bits per heavy atom. The average Bonchev–Trinajstić information content (AvgIpc) is 2.73. The summed E-state index contributed by atoms with van der Waals surface area (Å²) in [5.41, 5.74) is 4.37. The zero-order chi connectivity index (χ0) is 26.3. The Morgan fingerprint density at radius 2 is 0.763 bits per heavy atom. The molecular weight excluding hydrogens is 456 g/mol. The summed E-state index contributed by atoms with van der Waals surface area (Å²) in [7, 11) is 0. The molecule has 0 aliphatic heterocycles. The van der Waals surface area contributed by atoms with E-state index in [-0.39, 0.29) is 10.8 Å². The van der Waals surface area contributed by atoms with Gasteiger partial charge in [0, 0.05) is 10.8 Å². The fourth-order valence-corrected chi connectivity index (χ4v) is 18.3. The molecule has 0 N–H and O–H groups in total. The third-order valence-electron chi connectivity index (χ3n) is 16.1. The quantitative estimate of drug-likeness (QED) is 0.326. The predicted octanol–water partition coefficient (Wildman–Crippen LogP) is 9.57. The van der Waals surface area contributed by atoms with E-state index in [9.17, 15) is 0 Å². The van der Waals surface area contributed by atoms with Crippen molar-refractivity contribution in [2.75, 3.05) is 0 Å². The summed E-state index contributed by atoms with van der Waals surface area (Å²) in [6.07, 6.45) is 39.1. The van der Waals surface area contributed by atoms with E-state index < -0.39 is 0 Å². The lowest BCUT2D eigenvalue weighted by atomic mass is 9.24. The van der Waals surface area contributed by atoms with Gasteiger partial charge in [0.25, 0.3) is 0 Å². The van der Waals surface area contributed by atoms with E-state index in [0.717, 1.165) is 11.8 Å². The minimum Gasteiger partial charge on any atom is -0.120 e. The summed E-state index contributed by atoms with van der Waals surface area (Å²) in [5.74, 6) is 9.02. The van der Waals surface area contributed by atoms with Crippen LogP contribution in [-0.2, 0) is 0 Å². The Hall–Kier alpha value is -0.880. The first-order valence-corrected chi connectivity index (χ1v) is 16.6. The molecule has 12 aliphatic rings. The summed E-state index contributed by atoms with van der Waals surface area (Å²) < 4.78 is 0. The second-order valence-corrected chi connectivity index (χ2v) is 20.3. The maximum atomic E-state index is 6.51. The van der Waals surface area contributed by atoms with E-state index in [4.69, 9.17) is 12.8 Å². The van der Waals surface area contributed by atoms with Crippen LogP contribution in [0.15, 0.2) is 0 Å². The molecule has 4 atom stereocenters. The van der Waals surface area contributed by atoms with Gasteiger partial charge in [0.2, 0.25) is 0 Å². The third-order valence-corrected chi connectivity index (χ3v) is 16.1. The first kappa shape index (κ1) is 23.8. The van der Waals surface area contributed by atoms with E-state index in [1.165, 1.54) is 77.0 Å². The standard InChI is InChI=1S/C38H52/c1-7-33-16-29(3)14-30(4,17-33)21-37(20-29,24-33)35-10-27-9-28(11-35)13-36(12-27,26-35)38-22-31(5)15-32(6,23-38)19-34(8-2,18-31)25-38/h1-2,27-28H,9-26H2,3-6H3. The van der Waals surface area contributed by atoms with E-state index in [1.807, 2.05) is 0 Å². The van der Waals surface area contributed by atoms with Gasteiger partial charge in [-0.3, -0.25) is 0 Å². The largest absolute Gasteiger partial charge is 0.120 e. The molecule has 0 amide bonds. The van der Waals surface area contributed by atoms with E-state index in [2.05, 4.69) is 39.5 Å². The summed E-state index contributed by atoms with van der Waals surface area (Å²) in [4.78, 5) is 0. The van der Waals surface area contributed by atoms with Crippen LogP contribution in [-0.4, -0.2) is 0 Å². The summed E-state index contributed by atoms with van der Waals surface area (Å²) in [6.45, 7) is 10.7. The highest BCUT2D eigenvalue weighted by Crippen LogP contribution is 2.87. The first-order valence-electron chi connectivity index (χ1n) is 16.6. The molecule has 0 aromatic heterocycles. The van der Waals surface area contributed by atoms with Crippen molar-refractivity contribution < 1.29 is 0 Å². The molecule has 204 valence electrons.